The molecule has 0 heterocycles. The van der Waals surface area contributed by atoms with Crippen LogP contribution in [0.4, 0.5) is 0 Å². The standard InChI is InChI=1S/C54H94O6/c1-4-7-10-13-15-17-19-21-23-25-27-29-30-32-34-36-38-41-44-47-53(56)59-50-51(49-58-52(55)46-43-40-12-9-6-3)60-54(57)48-45-42-39-37-35-33-31-28-26-24-22-20-18-16-14-11-8-5-2/h7,10,15,17,21,23,27,29,32,34,51H,4-6,8-9,11-14,16,18-20,22,24-26,28,30-31,33,35-50H2,1-3H3/b10-7-,17-15-,23-21-,29-27-,34-32-. The van der Waals surface area contributed by atoms with Crippen LogP contribution in [0.2, 0.25) is 0 Å². The summed E-state index contributed by atoms with van der Waals surface area (Å²) in [6.07, 6.45) is 59.6. The highest BCUT2D eigenvalue weighted by molar-refractivity contribution is 5.71. The van der Waals surface area contributed by atoms with Gasteiger partial charge in [-0.25, -0.2) is 0 Å². The number of carbonyl (C=O) groups excluding carboxylic acids is 3. The monoisotopic (exact) mass is 839 g/mol. The Labute approximate surface area is 370 Å². The van der Waals surface area contributed by atoms with E-state index in [0.717, 1.165) is 103 Å². The molecule has 0 aromatic rings. The Kier molecular flexibility index (Phi) is 46.4. The lowest BCUT2D eigenvalue weighted by atomic mass is 10.0. The van der Waals surface area contributed by atoms with Crippen LogP contribution >= 0.6 is 0 Å². The van der Waals surface area contributed by atoms with Crippen molar-refractivity contribution in [1.82, 2.24) is 0 Å². The summed E-state index contributed by atoms with van der Waals surface area (Å²) in [6.45, 7) is 6.42. The zero-order valence-corrected chi connectivity index (χ0v) is 39.5. The fourth-order valence-corrected chi connectivity index (χ4v) is 7.00. The van der Waals surface area contributed by atoms with E-state index in [2.05, 4.69) is 81.5 Å². The van der Waals surface area contributed by atoms with Crippen molar-refractivity contribution in [2.75, 3.05) is 13.2 Å². The van der Waals surface area contributed by atoms with Crippen LogP contribution < -0.4 is 0 Å². The lowest BCUT2D eigenvalue weighted by Crippen LogP contribution is -2.30. The van der Waals surface area contributed by atoms with Crippen molar-refractivity contribution in [2.45, 2.75) is 252 Å². The molecule has 0 aliphatic rings. The third kappa shape index (κ3) is 46.2. The predicted octanol–water partition coefficient (Wildman–Crippen LogP) is 16.5. The lowest BCUT2D eigenvalue weighted by Gasteiger charge is -2.18. The van der Waals surface area contributed by atoms with Crippen molar-refractivity contribution in [2.24, 2.45) is 0 Å². The van der Waals surface area contributed by atoms with Gasteiger partial charge in [-0.3, -0.25) is 14.4 Å². The molecule has 0 amide bonds. The topological polar surface area (TPSA) is 78.9 Å². The summed E-state index contributed by atoms with van der Waals surface area (Å²) in [5.41, 5.74) is 0. The average molecular weight is 839 g/mol. The maximum atomic E-state index is 12.7. The minimum atomic E-state index is -0.781. The van der Waals surface area contributed by atoms with Crippen molar-refractivity contribution in [1.29, 1.82) is 0 Å². The SMILES string of the molecule is CC/C=C\C/C=C\C/C=C\C/C=C\C/C=C\CCCCCC(=O)OCC(COC(=O)CCCCCCC)OC(=O)CCCCCCCCCCCCCCCCCCCC. The molecule has 0 aliphatic carbocycles. The van der Waals surface area contributed by atoms with E-state index in [4.69, 9.17) is 14.2 Å². The minimum absolute atomic E-state index is 0.0841. The third-order valence-corrected chi connectivity index (χ3v) is 10.8. The van der Waals surface area contributed by atoms with Crippen LogP contribution in [-0.4, -0.2) is 37.2 Å². The van der Waals surface area contributed by atoms with Crippen molar-refractivity contribution in [3.63, 3.8) is 0 Å². The summed E-state index contributed by atoms with van der Waals surface area (Å²) in [6, 6.07) is 0. The molecular formula is C54H94O6. The van der Waals surface area contributed by atoms with E-state index < -0.39 is 6.10 Å². The van der Waals surface area contributed by atoms with Gasteiger partial charge in [-0.05, 0) is 64.2 Å². The van der Waals surface area contributed by atoms with Gasteiger partial charge in [-0.2, -0.15) is 0 Å². The summed E-state index contributed by atoms with van der Waals surface area (Å²) in [5.74, 6) is -0.926. The Morgan fingerprint density at radius 1 is 0.350 bits per heavy atom. The third-order valence-electron chi connectivity index (χ3n) is 10.8. The lowest BCUT2D eigenvalue weighted by molar-refractivity contribution is -0.167. The number of hydrogen-bond donors (Lipinski definition) is 0. The first-order valence-corrected chi connectivity index (χ1v) is 25.3. The first-order chi connectivity index (χ1) is 29.5. The molecule has 1 atom stereocenters. The quantitative estimate of drug-likeness (QED) is 0.0263. The van der Waals surface area contributed by atoms with E-state index in [1.54, 1.807) is 0 Å². The van der Waals surface area contributed by atoms with Crippen LogP contribution in [0, 0.1) is 0 Å². The van der Waals surface area contributed by atoms with Crippen LogP contribution in [0.5, 0.6) is 0 Å². The van der Waals surface area contributed by atoms with Crippen molar-refractivity contribution >= 4 is 17.9 Å². The molecule has 0 spiro atoms. The van der Waals surface area contributed by atoms with Crippen LogP contribution in [0.15, 0.2) is 60.8 Å². The largest absolute Gasteiger partial charge is 0.462 e. The molecule has 0 bridgehead atoms. The molecule has 6 heteroatoms. The summed E-state index contributed by atoms with van der Waals surface area (Å²) in [4.78, 5) is 37.6. The highest BCUT2D eigenvalue weighted by Gasteiger charge is 2.19. The van der Waals surface area contributed by atoms with E-state index in [9.17, 15) is 14.4 Å². The highest BCUT2D eigenvalue weighted by atomic mass is 16.6. The van der Waals surface area contributed by atoms with E-state index in [1.165, 1.54) is 103 Å². The van der Waals surface area contributed by atoms with Gasteiger partial charge in [0, 0.05) is 19.3 Å². The Hall–Kier alpha value is -2.89. The molecule has 0 rings (SSSR count). The fourth-order valence-electron chi connectivity index (χ4n) is 7.00. The molecule has 0 aromatic carbocycles. The zero-order chi connectivity index (χ0) is 43.7. The second kappa shape index (κ2) is 48.8. The van der Waals surface area contributed by atoms with Gasteiger partial charge in [-0.15, -0.1) is 0 Å². The van der Waals surface area contributed by atoms with E-state index >= 15 is 0 Å². The minimum Gasteiger partial charge on any atom is -0.462 e. The van der Waals surface area contributed by atoms with Gasteiger partial charge in [0.15, 0.2) is 6.10 Å². The smallest absolute Gasteiger partial charge is 0.306 e. The molecule has 0 saturated carbocycles. The Bertz CT molecular complexity index is 1100. The number of esters is 3. The van der Waals surface area contributed by atoms with Gasteiger partial charge >= 0.3 is 17.9 Å². The van der Waals surface area contributed by atoms with Gasteiger partial charge < -0.3 is 14.2 Å². The maximum absolute atomic E-state index is 12.7. The molecular weight excluding hydrogens is 745 g/mol. The molecule has 0 fully saturated rings. The Balaban J connectivity index is 4.22. The Morgan fingerprint density at radius 2 is 0.650 bits per heavy atom. The number of ether oxygens (including phenoxy) is 3. The first kappa shape index (κ1) is 57.1. The first-order valence-electron chi connectivity index (χ1n) is 25.3. The van der Waals surface area contributed by atoms with Gasteiger partial charge in [0.1, 0.15) is 13.2 Å². The maximum Gasteiger partial charge on any atom is 0.306 e. The molecule has 6 nitrogen and oxygen atoms in total. The molecule has 0 saturated heterocycles. The number of hydrogen-bond acceptors (Lipinski definition) is 6. The second-order valence-corrected chi connectivity index (χ2v) is 16.7. The van der Waals surface area contributed by atoms with E-state index in [-0.39, 0.29) is 31.1 Å². The molecule has 0 aliphatic heterocycles. The molecule has 346 valence electrons. The van der Waals surface area contributed by atoms with Crippen molar-refractivity contribution < 1.29 is 28.6 Å². The van der Waals surface area contributed by atoms with Crippen LogP contribution in [0.25, 0.3) is 0 Å². The van der Waals surface area contributed by atoms with Crippen LogP contribution in [0.3, 0.4) is 0 Å². The summed E-state index contributed by atoms with van der Waals surface area (Å²) >= 11 is 0. The van der Waals surface area contributed by atoms with Gasteiger partial charge in [0.25, 0.3) is 0 Å². The highest BCUT2D eigenvalue weighted by Crippen LogP contribution is 2.15. The number of rotatable bonds is 45. The van der Waals surface area contributed by atoms with Gasteiger partial charge in [0.2, 0.25) is 0 Å². The second-order valence-electron chi connectivity index (χ2n) is 16.7. The van der Waals surface area contributed by atoms with E-state index in [0.29, 0.717) is 19.3 Å². The van der Waals surface area contributed by atoms with Gasteiger partial charge in [0.05, 0.1) is 0 Å². The molecule has 1 unspecified atom stereocenters. The van der Waals surface area contributed by atoms with Crippen molar-refractivity contribution in [3.8, 4) is 0 Å². The zero-order valence-electron chi connectivity index (χ0n) is 39.5. The van der Waals surface area contributed by atoms with E-state index in [1.807, 2.05) is 0 Å². The fraction of sp³-hybridized carbons (Fsp3) is 0.759. The normalized spacial score (nSPS) is 12.5. The number of carbonyl (C=O) groups is 3. The average Bonchev–Trinajstić information content (AvgIpc) is 3.24. The van der Waals surface area contributed by atoms with Crippen LogP contribution in [0.1, 0.15) is 245 Å². The summed E-state index contributed by atoms with van der Waals surface area (Å²) < 4.78 is 16.6. The molecule has 0 radical (unpaired) electrons. The summed E-state index contributed by atoms with van der Waals surface area (Å²) in [5, 5.41) is 0. The molecule has 60 heavy (non-hydrogen) atoms. The molecule has 0 N–H and O–H groups in total. The molecule has 0 aromatic heterocycles. The predicted molar refractivity (Wildman–Crippen MR) is 256 cm³/mol. The van der Waals surface area contributed by atoms with Crippen molar-refractivity contribution in [3.05, 3.63) is 60.8 Å². The number of unbranched alkanes of at least 4 members (excludes halogenated alkanes) is 24. The number of allylic oxidation sites excluding steroid dienone is 10. The van der Waals surface area contributed by atoms with Crippen LogP contribution in [-0.2, 0) is 28.6 Å². The summed E-state index contributed by atoms with van der Waals surface area (Å²) in [7, 11) is 0. The van der Waals surface area contributed by atoms with Gasteiger partial charge in [-0.1, -0.05) is 223 Å². The Morgan fingerprint density at radius 3 is 1.02 bits per heavy atom.